The molecule has 0 aliphatic heterocycles. The maximum absolute atomic E-state index is 11.9. The van der Waals surface area contributed by atoms with Crippen LogP contribution in [0.3, 0.4) is 0 Å². The molecule has 1 heterocycles. The van der Waals surface area contributed by atoms with Gasteiger partial charge in [-0.2, -0.15) is 10.1 Å². The summed E-state index contributed by atoms with van der Waals surface area (Å²) in [6.07, 6.45) is 1.28. The number of nitrogens with one attached hydrogen (secondary N) is 2. The zero-order valence-corrected chi connectivity index (χ0v) is 10.0. The number of rotatable bonds is 4. The molecule has 1 amide bonds. The van der Waals surface area contributed by atoms with E-state index < -0.39 is 10.8 Å². The highest BCUT2D eigenvalue weighted by atomic mass is 16.6. The van der Waals surface area contributed by atoms with Crippen molar-refractivity contribution in [1.82, 2.24) is 15.2 Å². The molecule has 1 aromatic heterocycles. The molecule has 2 aromatic rings. The number of carbonyl (C=O) groups is 1. The van der Waals surface area contributed by atoms with Crippen molar-refractivity contribution >= 4 is 17.5 Å². The van der Waals surface area contributed by atoms with E-state index in [2.05, 4.69) is 20.5 Å². The van der Waals surface area contributed by atoms with Gasteiger partial charge in [0.2, 0.25) is 11.9 Å². The maximum Gasteiger partial charge on any atom is 0.269 e. The van der Waals surface area contributed by atoms with E-state index in [9.17, 15) is 14.9 Å². The van der Waals surface area contributed by atoms with Crippen LogP contribution in [0.4, 0.5) is 11.6 Å². The van der Waals surface area contributed by atoms with E-state index >= 15 is 0 Å². The Bertz CT molecular complexity index is 579. The topological polar surface area (TPSA) is 114 Å². The summed E-state index contributed by atoms with van der Waals surface area (Å²) in [5.74, 6) is -0.463. The summed E-state index contributed by atoms with van der Waals surface area (Å²) in [7, 11) is 0. The molecule has 8 nitrogen and oxygen atoms in total. The lowest BCUT2D eigenvalue weighted by Crippen LogP contribution is -2.19. The van der Waals surface area contributed by atoms with E-state index in [1.165, 1.54) is 18.5 Å². The fourth-order valence-electron chi connectivity index (χ4n) is 1.53. The van der Waals surface area contributed by atoms with Crippen LogP contribution in [-0.4, -0.2) is 26.0 Å². The number of hydrogen-bond donors (Lipinski definition) is 2. The van der Waals surface area contributed by atoms with Gasteiger partial charge in [0.05, 0.1) is 10.8 Å². The summed E-state index contributed by atoms with van der Waals surface area (Å²) in [6, 6.07) is 5.85. The first kappa shape index (κ1) is 12.7. The molecular formula is C11H11N5O3. The minimum absolute atomic E-state index is 0.00778. The Kier molecular flexibility index (Phi) is 3.51. The van der Waals surface area contributed by atoms with Gasteiger partial charge in [0, 0.05) is 12.1 Å². The van der Waals surface area contributed by atoms with E-state index in [1.807, 2.05) is 0 Å². The fraction of sp³-hybridized carbons (Fsp3) is 0.182. The SMILES string of the molecule is C[C@@H](C(=O)Nc1ncn[nH]1)c1ccc([N+](=O)[O-])cc1. The lowest BCUT2D eigenvalue weighted by atomic mass is 10.0. The molecule has 0 radical (unpaired) electrons. The molecule has 0 fully saturated rings. The van der Waals surface area contributed by atoms with Gasteiger partial charge in [-0.3, -0.25) is 20.2 Å². The molecule has 2 rings (SSSR count). The number of benzene rings is 1. The van der Waals surface area contributed by atoms with Crippen molar-refractivity contribution in [3.63, 3.8) is 0 Å². The first-order valence-electron chi connectivity index (χ1n) is 5.48. The molecule has 98 valence electrons. The van der Waals surface area contributed by atoms with Gasteiger partial charge in [-0.15, -0.1) is 0 Å². The molecule has 0 unspecified atom stereocenters. The highest BCUT2D eigenvalue weighted by molar-refractivity contribution is 5.94. The molecule has 8 heteroatoms. The smallest absolute Gasteiger partial charge is 0.269 e. The number of nitro benzene ring substituents is 1. The minimum atomic E-state index is -0.483. The number of anilines is 1. The Balaban J connectivity index is 2.08. The van der Waals surface area contributed by atoms with Gasteiger partial charge in [-0.25, -0.2) is 5.10 Å². The average Bonchev–Trinajstić information content (AvgIpc) is 2.90. The number of non-ortho nitro benzene ring substituents is 1. The van der Waals surface area contributed by atoms with E-state index in [0.717, 1.165) is 0 Å². The number of H-pyrrole nitrogens is 1. The van der Waals surface area contributed by atoms with E-state index in [1.54, 1.807) is 19.1 Å². The first-order chi connectivity index (χ1) is 9.08. The van der Waals surface area contributed by atoms with Gasteiger partial charge >= 0.3 is 0 Å². The van der Waals surface area contributed by atoms with Crippen LogP contribution >= 0.6 is 0 Å². The molecule has 0 spiro atoms. The molecule has 19 heavy (non-hydrogen) atoms. The summed E-state index contributed by atoms with van der Waals surface area (Å²) in [6.45, 7) is 1.70. The normalized spacial score (nSPS) is 11.8. The van der Waals surface area contributed by atoms with E-state index in [0.29, 0.717) is 5.56 Å². The van der Waals surface area contributed by atoms with Crippen LogP contribution in [0.15, 0.2) is 30.6 Å². The van der Waals surface area contributed by atoms with Gasteiger partial charge in [0.15, 0.2) is 0 Å². The second-order valence-electron chi connectivity index (χ2n) is 3.89. The molecular weight excluding hydrogens is 250 g/mol. The van der Waals surface area contributed by atoms with Crippen LogP contribution in [-0.2, 0) is 4.79 Å². The summed E-state index contributed by atoms with van der Waals surface area (Å²) in [5.41, 5.74) is 0.675. The lowest BCUT2D eigenvalue weighted by Gasteiger charge is -2.10. The molecule has 1 aromatic carbocycles. The van der Waals surface area contributed by atoms with Crippen LogP contribution in [0.25, 0.3) is 0 Å². The van der Waals surface area contributed by atoms with Crippen LogP contribution in [0.1, 0.15) is 18.4 Å². The summed E-state index contributed by atoms with van der Waals surface area (Å²) in [5, 5.41) is 19.2. The largest absolute Gasteiger partial charge is 0.294 e. The van der Waals surface area contributed by atoms with Crippen molar-refractivity contribution < 1.29 is 9.72 Å². The van der Waals surface area contributed by atoms with Crippen LogP contribution in [0.5, 0.6) is 0 Å². The second kappa shape index (κ2) is 5.25. The predicted octanol–water partition coefficient (Wildman–Crippen LogP) is 1.46. The molecule has 0 saturated carbocycles. The maximum atomic E-state index is 11.9. The summed E-state index contributed by atoms with van der Waals surface area (Å²) in [4.78, 5) is 25.7. The lowest BCUT2D eigenvalue weighted by molar-refractivity contribution is -0.384. The third-order valence-electron chi connectivity index (χ3n) is 2.65. The molecule has 2 N–H and O–H groups in total. The Morgan fingerprint density at radius 2 is 2.11 bits per heavy atom. The first-order valence-corrected chi connectivity index (χ1v) is 5.48. The van der Waals surface area contributed by atoms with Gasteiger partial charge < -0.3 is 0 Å². The second-order valence-corrected chi connectivity index (χ2v) is 3.89. The zero-order chi connectivity index (χ0) is 13.8. The quantitative estimate of drug-likeness (QED) is 0.638. The van der Waals surface area contributed by atoms with E-state index in [-0.39, 0.29) is 17.5 Å². The van der Waals surface area contributed by atoms with Gasteiger partial charge in [-0.05, 0) is 12.5 Å². The van der Waals surface area contributed by atoms with Gasteiger partial charge in [0.1, 0.15) is 6.33 Å². The van der Waals surface area contributed by atoms with Crippen LogP contribution in [0, 0.1) is 10.1 Å². The van der Waals surface area contributed by atoms with Crippen molar-refractivity contribution in [3.8, 4) is 0 Å². The van der Waals surface area contributed by atoms with Crippen molar-refractivity contribution in [2.45, 2.75) is 12.8 Å². The summed E-state index contributed by atoms with van der Waals surface area (Å²) < 4.78 is 0. The van der Waals surface area contributed by atoms with Crippen molar-refractivity contribution in [3.05, 3.63) is 46.3 Å². The average molecular weight is 261 g/mol. The standard InChI is InChI=1S/C11H11N5O3/c1-7(10(17)14-11-12-6-13-15-11)8-2-4-9(5-3-8)16(18)19/h2-7H,1H3,(H2,12,13,14,15,17)/t7-/m1/s1. The third-order valence-corrected chi connectivity index (χ3v) is 2.65. The van der Waals surface area contributed by atoms with Crippen molar-refractivity contribution in [2.75, 3.05) is 5.32 Å². The molecule has 0 aliphatic carbocycles. The fourth-order valence-corrected chi connectivity index (χ4v) is 1.53. The highest BCUT2D eigenvalue weighted by Gasteiger charge is 2.17. The number of nitro groups is 1. The Morgan fingerprint density at radius 3 is 2.63 bits per heavy atom. The third kappa shape index (κ3) is 2.92. The molecule has 1 atom stereocenters. The monoisotopic (exact) mass is 261 g/mol. The van der Waals surface area contributed by atoms with Crippen molar-refractivity contribution in [2.24, 2.45) is 0 Å². The number of carbonyl (C=O) groups excluding carboxylic acids is 1. The Hall–Kier alpha value is -2.77. The predicted molar refractivity (Wildman–Crippen MR) is 66.5 cm³/mol. The number of aromatic amines is 1. The molecule has 0 saturated heterocycles. The van der Waals surface area contributed by atoms with Gasteiger partial charge in [-0.1, -0.05) is 12.1 Å². The summed E-state index contributed by atoms with van der Waals surface area (Å²) >= 11 is 0. The Labute approximate surface area is 108 Å². The highest BCUT2D eigenvalue weighted by Crippen LogP contribution is 2.20. The molecule has 0 aliphatic rings. The Morgan fingerprint density at radius 1 is 1.42 bits per heavy atom. The zero-order valence-electron chi connectivity index (χ0n) is 10.0. The van der Waals surface area contributed by atoms with Crippen LogP contribution < -0.4 is 5.32 Å². The van der Waals surface area contributed by atoms with Crippen molar-refractivity contribution in [1.29, 1.82) is 0 Å². The van der Waals surface area contributed by atoms with Gasteiger partial charge in [0.25, 0.3) is 5.69 Å². The number of amides is 1. The van der Waals surface area contributed by atoms with E-state index in [4.69, 9.17) is 0 Å². The number of aromatic nitrogens is 3. The minimum Gasteiger partial charge on any atom is -0.294 e. The van der Waals surface area contributed by atoms with Crippen LogP contribution in [0.2, 0.25) is 0 Å². The number of hydrogen-bond acceptors (Lipinski definition) is 5. The number of nitrogens with zero attached hydrogens (tertiary/aromatic N) is 3. The molecule has 0 bridgehead atoms.